The zero-order chi connectivity index (χ0) is 9.99. The third-order valence-electron chi connectivity index (χ3n) is 1.81. The zero-order valence-corrected chi connectivity index (χ0v) is 7.90. The summed E-state index contributed by atoms with van der Waals surface area (Å²) in [7, 11) is 1.43. The molecular formula is C8H16F2O2. The average molecular weight is 182 g/mol. The van der Waals surface area contributed by atoms with Crippen LogP contribution >= 0.6 is 0 Å². The Morgan fingerprint density at radius 3 is 2.00 bits per heavy atom. The second-order valence-electron chi connectivity index (χ2n) is 3.80. The molecule has 0 bridgehead atoms. The Bertz CT molecular complexity index is 144. The molecule has 0 saturated carbocycles. The summed E-state index contributed by atoms with van der Waals surface area (Å²) in [5.41, 5.74) is -2.70. The average Bonchev–Trinajstić information content (AvgIpc) is 1.85. The van der Waals surface area contributed by atoms with Crippen LogP contribution in [0.1, 0.15) is 27.2 Å². The summed E-state index contributed by atoms with van der Waals surface area (Å²) in [4.78, 5) is 0. The molecule has 0 saturated heterocycles. The van der Waals surface area contributed by atoms with E-state index in [0.717, 1.165) is 6.92 Å². The van der Waals surface area contributed by atoms with Gasteiger partial charge in [0.1, 0.15) is 5.60 Å². The topological polar surface area (TPSA) is 29.5 Å². The van der Waals surface area contributed by atoms with Gasteiger partial charge >= 0.3 is 0 Å². The third kappa shape index (κ3) is 3.45. The minimum absolute atomic E-state index is 0.0891. The van der Waals surface area contributed by atoms with Crippen molar-refractivity contribution >= 4 is 0 Å². The maximum Gasteiger partial charge on any atom is 0.266 e. The van der Waals surface area contributed by atoms with Crippen molar-refractivity contribution in [1.82, 2.24) is 0 Å². The van der Waals surface area contributed by atoms with Crippen LogP contribution in [-0.4, -0.2) is 29.8 Å². The number of halogens is 2. The van der Waals surface area contributed by atoms with Crippen molar-refractivity contribution in [2.24, 2.45) is 0 Å². The van der Waals surface area contributed by atoms with Gasteiger partial charge in [-0.15, -0.1) is 0 Å². The maximum atomic E-state index is 12.2. The predicted molar refractivity (Wildman–Crippen MR) is 42.3 cm³/mol. The molecule has 1 N–H and O–H groups in total. The van der Waals surface area contributed by atoms with Crippen LogP contribution in [0.25, 0.3) is 0 Å². The van der Waals surface area contributed by atoms with E-state index in [1.165, 1.54) is 7.11 Å². The number of ether oxygens (including phenoxy) is 1. The van der Waals surface area contributed by atoms with Crippen LogP contribution in [0.2, 0.25) is 0 Å². The van der Waals surface area contributed by atoms with Gasteiger partial charge in [-0.3, -0.25) is 0 Å². The van der Waals surface area contributed by atoms with E-state index in [9.17, 15) is 13.9 Å². The molecule has 0 aromatic rings. The van der Waals surface area contributed by atoms with Crippen LogP contribution in [0.15, 0.2) is 0 Å². The molecule has 0 aliphatic heterocycles. The van der Waals surface area contributed by atoms with Crippen molar-refractivity contribution in [3.63, 3.8) is 0 Å². The molecule has 74 valence electrons. The van der Waals surface area contributed by atoms with Crippen LogP contribution in [-0.2, 0) is 4.74 Å². The molecule has 1 atom stereocenters. The van der Waals surface area contributed by atoms with E-state index in [-0.39, 0.29) is 6.42 Å². The van der Waals surface area contributed by atoms with Crippen molar-refractivity contribution < 1.29 is 18.6 Å². The molecule has 0 aromatic heterocycles. The van der Waals surface area contributed by atoms with Gasteiger partial charge in [-0.25, -0.2) is 8.78 Å². The van der Waals surface area contributed by atoms with Gasteiger partial charge in [-0.1, -0.05) is 0 Å². The normalized spacial score (nSPS) is 18.0. The molecule has 0 rings (SSSR count). The Hall–Kier alpha value is -0.220. The summed E-state index contributed by atoms with van der Waals surface area (Å²) in [5, 5.41) is 9.23. The van der Waals surface area contributed by atoms with Gasteiger partial charge in [-0.05, 0) is 20.8 Å². The van der Waals surface area contributed by atoms with Gasteiger partial charge in [0.05, 0.1) is 5.60 Å². The van der Waals surface area contributed by atoms with E-state index in [2.05, 4.69) is 0 Å². The first-order valence-electron chi connectivity index (χ1n) is 3.77. The van der Waals surface area contributed by atoms with Gasteiger partial charge in [0.2, 0.25) is 0 Å². The lowest BCUT2D eigenvalue weighted by Gasteiger charge is -2.32. The Labute approximate surface area is 71.5 Å². The van der Waals surface area contributed by atoms with Gasteiger partial charge in [0, 0.05) is 13.5 Å². The van der Waals surface area contributed by atoms with Crippen LogP contribution in [0.3, 0.4) is 0 Å². The minimum atomic E-state index is -2.74. The standard InChI is InChI=1S/C8H16F2O2/c1-7(2,12-4)5-8(3,11)6(9)10/h6,11H,5H2,1-4H3. The molecule has 12 heavy (non-hydrogen) atoms. The smallest absolute Gasteiger partial charge is 0.266 e. The van der Waals surface area contributed by atoms with E-state index in [4.69, 9.17) is 4.74 Å². The number of alkyl halides is 2. The second kappa shape index (κ2) is 3.66. The molecule has 0 amide bonds. The molecule has 0 aliphatic carbocycles. The van der Waals surface area contributed by atoms with Crippen molar-refractivity contribution in [3.05, 3.63) is 0 Å². The molecule has 0 radical (unpaired) electrons. The van der Waals surface area contributed by atoms with E-state index in [1.54, 1.807) is 13.8 Å². The Morgan fingerprint density at radius 1 is 1.33 bits per heavy atom. The van der Waals surface area contributed by atoms with Crippen LogP contribution in [0, 0.1) is 0 Å². The van der Waals surface area contributed by atoms with Crippen molar-refractivity contribution in [2.75, 3.05) is 7.11 Å². The van der Waals surface area contributed by atoms with E-state index >= 15 is 0 Å². The fraction of sp³-hybridized carbons (Fsp3) is 1.00. The number of aliphatic hydroxyl groups is 1. The van der Waals surface area contributed by atoms with Gasteiger partial charge < -0.3 is 9.84 Å². The van der Waals surface area contributed by atoms with Crippen molar-refractivity contribution in [3.8, 4) is 0 Å². The van der Waals surface area contributed by atoms with Gasteiger partial charge in [0.25, 0.3) is 6.43 Å². The highest BCUT2D eigenvalue weighted by Gasteiger charge is 2.38. The molecule has 2 nitrogen and oxygen atoms in total. The summed E-state index contributed by atoms with van der Waals surface area (Å²) in [6, 6.07) is 0. The minimum Gasteiger partial charge on any atom is -0.384 e. The highest BCUT2D eigenvalue weighted by Crippen LogP contribution is 2.27. The monoisotopic (exact) mass is 182 g/mol. The molecular weight excluding hydrogens is 166 g/mol. The van der Waals surface area contributed by atoms with Gasteiger partial charge in [0.15, 0.2) is 0 Å². The SMILES string of the molecule is COC(C)(C)CC(C)(O)C(F)F. The summed E-state index contributed by atoms with van der Waals surface area (Å²) in [6.07, 6.45) is -2.83. The largest absolute Gasteiger partial charge is 0.384 e. The number of hydrogen-bond acceptors (Lipinski definition) is 2. The highest BCUT2D eigenvalue weighted by molar-refractivity contribution is 4.84. The first-order valence-corrected chi connectivity index (χ1v) is 3.77. The third-order valence-corrected chi connectivity index (χ3v) is 1.81. The molecule has 0 aromatic carbocycles. The van der Waals surface area contributed by atoms with Crippen LogP contribution < -0.4 is 0 Å². The first kappa shape index (κ1) is 11.8. The van der Waals surface area contributed by atoms with Crippen LogP contribution in [0.5, 0.6) is 0 Å². The first-order chi connectivity index (χ1) is 5.21. The van der Waals surface area contributed by atoms with Crippen molar-refractivity contribution in [2.45, 2.75) is 44.8 Å². The van der Waals surface area contributed by atoms with Crippen molar-refractivity contribution in [1.29, 1.82) is 0 Å². The lowest BCUT2D eigenvalue weighted by atomic mass is 9.91. The zero-order valence-electron chi connectivity index (χ0n) is 7.90. The Balaban J connectivity index is 4.23. The Morgan fingerprint density at radius 2 is 1.75 bits per heavy atom. The molecule has 0 fully saturated rings. The second-order valence-corrected chi connectivity index (χ2v) is 3.80. The highest BCUT2D eigenvalue weighted by atomic mass is 19.3. The Kier molecular flexibility index (Phi) is 3.59. The van der Waals surface area contributed by atoms with Gasteiger partial charge in [-0.2, -0.15) is 0 Å². The number of hydrogen-bond donors (Lipinski definition) is 1. The van der Waals surface area contributed by atoms with E-state index in [0.29, 0.717) is 0 Å². The molecule has 4 heteroatoms. The van der Waals surface area contributed by atoms with Crippen LogP contribution in [0.4, 0.5) is 8.78 Å². The lowest BCUT2D eigenvalue weighted by Crippen LogP contribution is -2.42. The quantitative estimate of drug-likeness (QED) is 0.718. The molecule has 0 heterocycles. The number of methoxy groups -OCH3 is 1. The maximum absolute atomic E-state index is 12.2. The van der Waals surface area contributed by atoms with E-state index < -0.39 is 17.6 Å². The lowest BCUT2D eigenvalue weighted by molar-refractivity contribution is -0.129. The fourth-order valence-corrected chi connectivity index (χ4v) is 1.01. The predicted octanol–water partition coefficient (Wildman–Crippen LogP) is 1.82. The molecule has 0 spiro atoms. The molecule has 0 aliphatic rings. The summed E-state index contributed by atoms with van der Waals surface area (Å²) < 4.78 is 29.3. The summed E-state index contributed by atoms with van der Waals surface area (Å²) in [6.45, 7) is 4.42. The van der Waals surface area contributed by atoms with E-state index in [1.807, 2.05) is 0 Å². The number of rotatable bonds is 4. The fourth-order valence-electron chi connectivity index (χ4n) is 1.01. The summed E-state index contributed by atoms with van der Waals surface area (Å²) >= 11 is 0. The summed E-state index contributed by atoms with van der Waals surface area (Å²) in [5.74, 6) is 0. The molecule has 1 unspecified atom stereocenters.